The molecule has 2 rings (SSSR count). The molecular weight excluding hydrogens is 346 g/mol. The molecule has 5 nitrogen and oxygen atoms in total. The number of hydrogen-bond donors (Lipinski definition) is 2. The van der Waals surface area contributed by atoms with E-state index in [-0.39, 0.29) is 5.41 Å². The van der Waals surface area contributed by atoms with Crippen molar-refractivity contribution < 1.29 is 9.47 Å². The van der Waals surface area contributed by atoms with Crippen LogP contribution in [0.5, 0.6) is 11.5 Å². The fourth-order valence-electron chi connectivity index (χ4n) is 2.56. The molecule has 1 heterocycles. The number of benzene rings is 1. The van der Waals surface area contributed by atoms with Gasteiger partial charge in [-0.05, 0) is 36.1 Å². The van der Waals surface area contributed by atoms with Crippen molar-refractivity contribution in [2.75, 3.05) is 27.3 Å². The van der Waals surface area contributed by atoms with E-state index in [1.54, 1.807) is 25.5 Å². The van der Waals surface area contributed by atoms with E-state index in [0.29, 0.717) is 13.2 Å². The van der Waals surface area contributed by atoms with E-state index in [9.17, 15) is 0 Å². The minimum absolute atomic E-state index is 0.0497. The Morgan fingerprint density at radius 3 is 2.62 bits per heavy atom. The summed E-state index contributed by atoms with van der Waals surface area (Å²) in [5, 5.41) is 8.88. The van der Waals surface area contributed by atoms with Gasteiger partial charge < -0.3 is 20.1 Å². The predicted octanol–water partition coefficient (Wildman–Crippen LogP) is 3.80. The summed E-state index contributed by atoms with van der Waals surface area (Å²) in [5.74, 6) is 2.29. The maximum atomic E-state index is 5.56. The number of aliphatic imine (C=N–C) groups is 1. The van der Waals surface area contributed by atoms with Crippen LogP contribution in [0.25, 0.3) is 0 Å². The average Bonchev–Trinajstić information content (AvgIpc) is 3.18. The van der Waals surface area contributed by atoms with E-state index >= 15 is 0 Å². The molecule has 0 amide bonds. The summed E-state index contributed by atoms with van der Waals surface area (Å²) in [4.78, 5) is 5.68. The monoisotopic (exact) mass is 375 g/mol. The summed E-state index contributed by atoms with van der Waals surface area (Å²) in [6, 6.07) is 10.2. The van der Waals surface area contributed by atoms with Crippen LogP contribution in [0.15, 0.2) is 40.7 Å². The highest BCUT2D eigenvalue weighted by molar-refractivity contribution is 7.10. The Hall–Kier alpha value is -2.21. The quantitative estimate of drug-likeness (QED) is 0.544. The third-order valence-corrected chi connectivity index (χ3v) is 5.33. The van der Waals surface area contributed by atoms with E-state index < -0.39 is 0 Å². The van der Waals surface area contributed by atoms with Gasteiger partial charge in [-0.1, -0.05) is 26.0 Å². The molecule has 6 heteroatoms. The minimum Gasteiger partial charge on any atom is -0.493 e. The molecule has 0 saturated heterocycles. The van der Waals surface area contributed by atoms with Gasteiger partial charge in [0.15, 0.2) is 17.5 Å². The number of nitrogens with zero attached hydrogens (tertiary/aromatic N) is 1. The van der Waals surface area contributed by atoms with Gasteiger partial charge in [-0.3, -0.25) is 4.99 Å². The summed E-state index contributed by atoms with van der Waals surface area (Å²) < 4.78 is 11.0. The number of hydrogen-bond acceptors (Lipinski definition) is 4. The van der Waals surface area contributed by atoms with Crippen LogP contribution in [-0.2, 0) is 12.0 Å². The third-order valence-electron chi connectivity index (χ3n) is 4.10. The molecule has 0 aliphatic carbocycles. The van der Waals surface area contributed by atoms with E-state index in [1.165, 1.54) is 4.88 Å². The Kier molecular flexibility index (Phi) is 7.33. The second-order valence-electron chi connectivity index (χ2n) is 6.56. The maximum absolute atomic E-state index is 5.56. The van der Waals surface area contributed by atoms with Gasteiger partial charge in [-0.15, -0.1) is 11.3 Å². The van der Waals surface area contributed by atoms with Crippen molar-refractivity contribution in [1.82, 2.24) is 10.6 Å². The summed E-state index contributed by atoms with van der Waals surface area (Å²) in [6.07, 6.45) is 0. The molecule has 1 aromatic heterocycles. The molecular formula is C20H29N3O2S. The van der Waals surface area contributed by atoms with Crippen LogP contribution in [0.4, 0.5) is 0 Å². The Labute approximate surface area is 160 Å². The first-order valence-electron chi connectivity index (χ1n) is 8.78. The smallest absolute Gasteiger partial charge is 0.191 e. The molecule has 0 unspecified atom stereocenters. The van der Waals surface area contributed by atoms with Crippen LogP contribution in [0.3, 0.4) is 0 Å². The summed E-state index contributed by atoms with van der Waals surface area (Å²) in [7, 11) is 3.44. The molecule has 2 aromatic rings. The standard InChI is InChI=1S/C20H29N3O2S/c1-6-25-16-10-9-15(12-17(16)24-5)13-22-19(21-4)23-14-20(2,3)18-8-7-11-26-18/h7-12H,6,13-14H2,1-5H3,(H2,21,22,23). The first-order chi connectivity index (χ1) is 12.5. The van der Waals surface area contributed by atoms with E-state index in [4.69, 9.17) is 9.47 Å². The van der Waals surface area contributed by atoms with Gasteiger partial charge in [-0.25, -0.2) is 0 Å². The zero-order valence-corrected chi connectivity index (χ0v) is 17.1. The first-order valence-corrected chi connectivity index (χ1v) is 9.66. The Bertz CT molecular complexity index is 712. The molecule has 26 heavy (non-hydrogen) atoms. The average molecular weight is 376 g/mol. The van der Waals surface area contributed by atoms with Crippen LogP contribution < -0.4 is 20.1 Å². The molecule has 142 valence electrons. The van der Waals surface area contributed by atoms with Gasteiger partial charge in [-0.2, -0.15) is 0 Å². The highest BCUT2D eigenvalue weighted by Gasteiger charge is 2.21. The lowest BCUT2D eigenvalue weighted by molar-refractivity contribution is 0.310. The molecule has 2 N–H and O–H groups in total. The van der Waals surface area contributed by atoms with Gasteiger partial charge >= 0.3 is 0 Å². The molecule has 0 atom stereocenters. The third kappa shape index (κ3) is 5.39. The second-order valence-corrected chi connectivity index (χ2v) is 7.51. The highest BCUT2D eigenvalue weighted by atomic mass is 32.1. The minimum atomic E-state index is 0.0497. The molecule has 1 aromatic carbocycles. The zero-order valence-electron chi connectivity index (χ0n) is 16.3. The lowest BCUT2D eigenvalue weighted by atomic mass is 9.91. The largest absolute Gasteiger partial charge is 0.493 e. The van der Waals surface area contributed by atoms with Crippen LogP contribution in [0, 0.1) is 0 Å². The second kappa shape index (κ2) is 9.48. The Balaban J connectivity index is 1.92. The number of methoxy groups -OCH3 is 1. The van der Waals surface area contributed by atoms with Gasteiger partial charge in [0.25, 0.3) is 0 Å². The zero-order chi connectivity index (χ0) is 19.0. The normalized spacial score (nSPS) is 12.0. The predicted molar refractivity (Wildman–Crippen MR) is 110 cm³/mol. The topological polar surface area (TPSA) is 54.9 Å². The van der Waals surface area contributed by atoms with Crippen molar-refractivity contribution in [3.8, 4) is 11.5 Å². The number of thiophene rings is 1. The molecule has 0 bridgehead atoms. The first kappa shape index (κ1) is 20.1. The van der Waals surface area contributed by atoms with Crippen LogP contribution in [-0.4, -0.2) is 33.3 Å². The van der Waals surface area contributed by atoms with Crippen molar-refractivity contribution in [2.45, 2.75) is 32.7 Å². The molecule has 0 radical (unpaired) electrons. The van der Waals surface area contributed by atoms with Gasteiger partial charge in [0, 0.05) is 30.4 Å². The Morgan fingerprint density at radius 1 is 1.19 bits per heavy atom. The fraction of sp³-hybridized carbons (Fsp3) is 0.450. The van der Waals surface area contributed by atoms with Crippen molar-refractivity contribution in [2.24, 2.45) is 4.99 Å². The van der Waals surface area contributed by atoms with Crippen molar-refractivity contribution in [1.29, 1.82) is 0 Å². The molecule has 0 spiro atoms. The SMILES string of the molecule is CCOc1ccc(CNC(=NC)NCC(C)(C)c2cccs2)cc1OC. The molecule has 0 saturated carbocycles. The summed E-state index contributed by atoms with van der Waals surface area (Å²) in [5.41, 5.74) is 1.15. The molecule has 0 aliphatic heterocycles. The van der Waals surface area contributed by atoms with Crippen LogP contribution in [0.2, 0.25) is 0 Å². The van der Waals surface area contributed by atoms with Gasteiger partial charge in [0.05, 0.1) is 13.7 Å². The summed E-state index contributed by atoms with van der Waals surface area (Å²) >= 11 is 1.78. The van der Waals surface area contributed by atoms with Gasteiger partial charge in [0.1, 0.15) is 0 Å². The number of nitrogens with one attached hydrogen (secondary N) is 2. The molecule has 0 aliphatic rings. The number of guanidine groups is 1. The van der Waals surface area contributed by atoms with Crippen LogP contribution in [0.1, 0.15) is 31.2 Å². The lowest BCUT2D eigenvalue weighted by Crippen LogP contribution is -2.42. The van der Waals surface area contributed by atoms with Crippen molar-refractivity contribution >= 4 is 17.3 Å². The fourth-order valence-corrected chi connectivity index (χ4v) is 3.41. The van der Waals surface area contributed by atoms with Crippen LogP contribution >= 0.6 is 11.3 Å². The summed E-state index contributed by atoms with van der Waals surface area (Å²) in [6.45, 7) is 8.50. The van der Waals surface area contributed by atoms with E-state index in [2.05, 4.69) is 47.0 Å². The molecule has 0 fully saturated rings. The van der Waals surface area contributed by atoms with E-state index in [0.717, 1.165) is 29.6 Å². The van der Waals surface area contributed by atoms with Crippen molar-refractivity contribution in [3.63, 3.8) is 0 Å². The maximum Gasteiger partial charge on any atom is 0.191 e. The Morgan fingerprint density at radius 2 is 2.00 bits per heavy atom. The highest BCUT2D eigenvalue weighted by Crippen LogP contribution is 2.28. The lowest BCUT2D eigenvalue weighted by Gasteiger charge is -2.25. The number of rotatable bonds is 8. The number of ether oxygens (including phenoxy) is 2. The van der Waals surface area contributed by atoms with E-state index in [1.807, 2.05) is 25.1 Å². The van der Waals surface area contributed by atoms with Crippen molar-refractivity contribution in [3.05, 3.63) is 46.2 Å². The van der Waals surface area contributed by atoms with Gasteiger partial charge in [0.2, 0.25) is 0 Å².